The molecular formula is C23H21FN4O4. The number of benzene rings is 2. The van der Waals surface area contributed by atoms with Gasteiger partial charge in [0.1, 0.15) is 11.5 Å². The Hall–Kier alpha value is -4.01. The first-order valence-corrected chi connectivity index (χ1v) is 10.1. The molecule has 9 heteroatoms. The van der Waals surface area contributed by atoms with Gasteiger partial charge in [-0.25, -0.2) is 9.07 Å². The van der Waals surface area contributed by atoms with Crippen LogP contribution in [0.15, 0.2) is 54.9 Å². The van der Waals surface area contributed by atoms with E-state index < -0.39 is 0 Å². The zero-order chi connectivity index (χ0) is 22.7. The van der Waals surface area contributed by atoms with E-state index in [1.165, 1.54) is 10.7 Å². The van der Waals surface area contributed by atoms with Crippen LogP contribution in [0.3, 0.4) is 0 Å². The number of hydrogen-bond donors (Lipinski definition) is 2. The third-order valence-electron chi connectivity index (χ3n) is 5.57. The fourth-order valence-electron chi connectivity index (χ4n) is 4.13. The van der Waals surface area contributed by atoms with Crippen molar-refractivity contribution in [3.05, 3.63) is 71.8 Å². The van der Waals surface area contributed by atoms with Gasteiger partial charge in [-0.15, -0.1) is 0 Å². The van der Waals surface area contributed by atoms with Crippen LogP contribution in [0.2, 0.25) is 0 Å². The number of nitrogens with zero attached hydrogens (tertiary/aromatic N) is 3. The Morgan fingerprint density at radius 2 is 1.97 bits per heavy atom. The quantitative estimate of drug-likeness (QED) is 0.613. The Morgan fingerprint density at radius 3 is 2.69 bits per heavy atom. The lowest BCUT2D eigenvalue weighted by molar-refractivity contribution is -0.123. The Bertz CT molecular complexity index is 1180. The van der Waals surface area contributed by atoms with E-state index in [4.69, 9.17) is 9.90 Å². The average molecular weight is 436 g/mol. The van der Waals surface area contributed by atoms with Crippen LogP contribution in [0.25, 0.3) is 5.69 Å². The maximum Gasteiger partial charge on any atom is 0.290 e. The molecule has 2 amide bonds. The maximum atomic E-state index is 14.1. The molecule has 1 fully saturated rings. The first kappa shape index (κ1) is 21.2. The highest BCUT2D eigenvalue weighted by Gasteiger charge is 2.29. The molecule has 1 aromatic heterocycles. The van der Waals surface area contributed by atoms with Crippen molar-refractivity contribution in [2.24, 2.45) is 0 Å². The number of anilines is 2. The van der Waals surface area contributed by atoms with Crippen molar-refractivity contribution in [3.63, 3.8) is 0 Å². The predicted octanol–water partition coefficient (Wildman–Crippen LogP) is 3.31. The molecule has 1 saturated heterocycles. The van der Waals surface area contributed by atoms with Crippen LogP contribution in [0, 0.1) is 5.82 Å². The van der Waals surface area contributed by atoms with Crippen molar-refractivity contribution in [2.45, 2.75) is 25.2 Å². The molecule has 8 nitrogen and oxygen atoms in total. The number of aromatic nitrogens is 2. The number of amides is 2. The second-order valence-electron chi connectivity index (χ2n) is 7.50. The molecule has 2 aliphatic rings. The second kappa shape index (κ2) is 9.01. The molecular weight excluding hydrogens is 415 g/mol. The summed E-state index contributed by atoms with van der Waals surface area (Å²) in [6.45, 7) is 0.449. The number of fused-ring (bicyclic) bond motifs is 1. The molecule has 164 valence electrons. The molecule has 5 rings (SSSR count). The molecule has 2 aliphatic heterocycles. The average Bonchev–Trinajstić information content (AvgIpc) is 3.43. The van der Waals surface area contributed by atoms with Crippen LogP contribution in [0.4, 0.5) is 15.8 Å². The van der Waals surface area contributed by atoms with Gasteiger partial charge in [0.05, 0.1) is 6.20 Å². The summed E-state index contributed by atoms with van der Waals surface area (Å²) in [6, 6.07) is 12.2. The summed E-state index contributed by atoms with van der Waals surface area (Å²) in [5.41, 5.74) is 3.68. The van der Waals surface area contributed by atoms with Gasteiger partial charge in [-0.1, -0.05) is 18.2 Å². The van der Waals surface area contributed by atoms with Crippen molar-refractivity contribution in [3.8, 4) is 5.69 Å². The number of carbonyl (C=O) groups excluding carboxylic acids is 2. The van der Waals surface area contributed by atoms with Gasteiger partial charge in [-0.3, -0.25) is 14.4 Å². The van der Waals surface area contributed by atoms with Gasteiger partial charge in [0.2, 0.25) is 11.8 Å². The minimum absolute atomic E-state index is 0.0916. The predicted molar refractivity (Wildman–Crippen MR) is 115 cm³/mol. The zero-order valence-corrected chi connectivity index (χ0v) is 17.1. The fourth-order valence-corrected chi connectivity index (χ4v) is 4.13. The van der Waals surface area contributed by atoms with Crippen molar-refractivity contribution in [1.29, 1.82) is 0 Å². The Labute approximate surface area is 183 Å². The fraction of sp³-hybridized carbons (Fsp3) is 0.217. The van der Waals surface area contributed by atoms with Gasteiger partial charge in [0.25, 0.3) is 6.47 Å². The van der Waals surface area contributed by atoms with Crippen molar-refractivity contribution < 1.29 is 23.9 Å². The summed E-state index contributed by atoms with van der Waals surface area (Å²) < 4.78 is 15.6. The third-order valence-corrected chi connectivity index (χ3v) is 5.57. The van der Waals surface area contributed by atoms with Crippen LogP contribution in [-0.4, -0.2) is 39.7 Å². The smallest absolute Gasteiger partial charge is 0.290 e. The van der Waals surface area contributed by atoms with Gasteiger partial charge in [0, 0.05) is 42.9 Å². The number of nitrogens with one attached hydrogen (secondary N) is 1. The molecule has 0 bridgehead atoms. The van der Waals surface area contributed by atoms with Gasteiger partial charge < -0.3 is 15.3 Å². The van der Waals surface area contributed by atoms with Gasteiger partial charge in [-0.2, -0.15) is 5.10 Å². The maximum absolute atomic E-state index is 14.1. The number of para-hydroxylation sites is 1. The van der Waals surface area contributed by atoms with E-state index in [0.717, 1.165) is 23.2 Å². The molecule has 2 aromatic carbocycles. The van der Waals surface area contributed by atoms with E-state index >= 15 is 0 Å². The lowest BCUT2D eigenvalue weighted by atomic mass is 9.86. The van der Waals surface area contributed by atoms with E-state index in [0.29, 0.717) is 24.3 Å². The van der Waals surface area contributed by atoms with E-state index in [2.05, 4.69) is 10.4 Å². The molecule has 32 heavy (non-hydrogen) atoms. The first-order chi connectivity index (χ1) is 15.5. The largest absolute Gasteiger partial charge is 0.483 e. The minimum Gasteiger partial charge on any atom is -0.483 e. The van der Waals surface area contributed by atoms with Crippen LogP contribution in [0.1, 0.15) is 36.3 Å². The molecule has 1 atom stereocenters. The van der Waals surface area contributed by atoms with Gasteiger partial charge >= 0.3 is 0 Å². The lowest BCUT2D eigenvalue weighted by Crippen LogP contribution is -2.26. The van der Waals surface area contributed by atoms with Crippen molar-refractivity contribution in [2.75, 3.05) is 16.8 Å². The number of carboxylic acid groups (broad SMARTS) is 1. The highest BCUT2D eigenvalue weighted by Crippen LogP contribution is 2.39. The zero-order valence-electron chi connectivity index (χ0n) is 17.1. The highest BCUT2D eigenvalue weighted by atomic mass is 19.1. The standard InChI is InChI=1S/C22H19FN4O2.CH2O2/c23-18-4-1-2-5-20(18)27-13-14(12-24-27)17-11-21(28)25-19-10-15(7-8-16(17)19)26-9-3-6-22(26)29;2-1-3/h1-2,4-5,7-8,10,12-13,17H,3,6,9,11H2,(H,25,28);1H,(H,2,3). The van der Waals surface area contributed by atoms with Crippen LogP contribution < -0.4 is 10.2 Å². The Balaban J connectivity index is 0.000000775. The lowest BCUT2D eigenvalue weighted by Gasteiger charge is -2.27. The van der Waals surface area contributed by atoms with Crippen molar-refractivity contribution >= 4 is 29.7 Å². The Morgan fingerprint density at radius 1 is 1.19 bits per heavy atom. The molecule has 0 radical (unpaired) electrons. The van der Waals surface area contributed by atoms with Crippen LogP contribution in [0.5, 0.6) is 0 Å². The summed E-state index contributed by atoms with van der Waals surface area (Å²) in [7, 11) is 0. The van der Waals surface area contributed by atoms with Crippen LogP contribution >= 0.6 is 0 Å². The Kier molecular flexibility index (Phi) is 5.98. The summed E-state index contributed by atoms with van der Waals surface area (Å²) in [5.74, 6) is -0.521. The normalized spacial score (nSPS) is 17.3. The van der Waals surface area contributed by atoms with Gasteiger partial charge in [0.15, 0.2) is 0 Å². The molecule has 3 heterocycles. The summed E-state index contributed by atoms with van der Waals surface area (Å²) in [4.78, 5) is 34.5. The minimum atomic E-state index is -0.358. The summed E-state index contributed by atoms with van der Waals surface area (Å²) in [6.07, 6.45) is 5.14. The van der Waals surface area contributed by atoms with E-state index in [1.54, 1.807) is 35.5 Å². The van der Waals surface area contributed by atoms with Crippen LogP contribution in [-0.2, 0) is 14.4 Å². The second-order valence-corrected chi connectivity index (χ2v) is 7.50. The molecule has 2 N–H and O–H groups in total. The highest BCUT2D eigenvalue weighted by molar-refractivity contribution is 5.99. The molecule has 1 unspecified atom stereocenters. The number of halogens is 1. The molecule has 0 spiro atoms. The number of hydrogen-bond acceptors (Lipinski definition) is 4. The van der Waals surface area contributed by atoms with E-state index in [9.17, 15) is 14.0 Å². The van der Waals surface area contributed by atoms with E-state index in [1.807, 2.05) is 18.2 Å². The third kappa shape index (κ3) is 4.09. The summed E-state index contributed by atoms with van der Waals surface area (Å²) >= 11 is 0. The van der Waals surface area contributed by atoms with E-state index in [-0.39, 0.29) is 36.4 Å². The molecule has 0 saturated carbocycles. The monoisotopic (exact) mass is 436 g/mol. The van der Waals surface area contributed by atoms with Gasteiger partial charge in [-0.05, 0) is 41.8 Å². The van der Waals surface area contributed by atoms with Crippen molar-refractivity contribution in [1.82, 2.24) is 9.78 Å². The number of rotatable bonds is 3. The SMILES string of the molecule is O=C1CC(c2cnn(-c3ccccc3F)c2)c2ccc(N3CCCC3=O)cc2N1.O=CO. The number of carbonyl (C=O) groups is 3. The molecule has 0 aliphatic carbocycles. The first-order valence-electron chi connectivity index (χ1n) is 10.1. The summed E-state index contributed by atoms with van der Waals surface area (Å²) in [5, 5.41) is 14.1. The molecule has 3 aromatic rings. The topological polar surface area (TPSA) is 105 Å².